The second kappa shape index (κ2) is 6.22. The fourth-order valence-electron chi connectivity index (χ4n) is 2.10. The minimum absolute atomic E-state index is 0.275. The first-order valence-electron chi connectivity index (χ1n) is 6.38. The van der Waals surface area contributed by atoms with E-state index < -0.39 is 0 Å². The number of aryl methyl sites for hydroxylation is 1. The zero-order chi connectivity index (χ0) is 12.8. The quantitative estimate of drug-likeness (QED) is 0.839. The second-order valence-electron chi connectivity index (χ2n) is 4.50. The maximum absolute atomic E-state index is 5.72. The van der Waals surface area contributed by atoms with Crippen LogP contribution in [-0.4, -0.2) is 6.54 Å². The summed E-state index contributed by atoms with van der Waals surface area (Å²) >= 11 is 0. The Bertz CT molecular complexity index is 479. The molecule has 1 atom stereocenters. The van der Waals surface area contributed by atoms with E-state index in [4.69, 9.17) is 5.73 Å². The summed E-state index contributed by atoms with van der Waals surface area (Å²) in [7, 11) is 0. The molecule has 0 aliphatic heterocycles. The fraction of sp³-hybridized carbons (Fsp3) is 0.250. The Hall–Kier alpha value is -1.80. The molecule has 0 bridgehead atoms. The van der Waals surface area contributed by atoms with E-state index in [1.54, 1.807) is 0 Å². The number of anilines is 1. The van der Waals surface area contributed by atoms with Gasteiger partial charge in [0.25, 0.3) is 0 Å². The van der Waals surface area contributed by atoms with Gasteiger partial charge in [-0.25, -0.2) is 0 Å². The van der Waals surface area contributed by atoms with Crippen molar-refractivity contribution in [1.29, 1.82) is 0 Å². The molecule has 2 rings (SSSR count). The van der Waals surface area contributed by atoms with Crippen LogP contribution in [0.5, 0.6) is 0 Å². The van der Waals surface area contributed by atoms with Crippen LogP contribution in [0.4, 0.5) is 5.69 Å². The lowest BCUT2D eigenvalue weighted by Gasteiger charge is -2.21. The van der Waals surface area contributed by atoms with E-state index in [9.17, 15) is 0 Å². The highest BCUT2D eigenvalue weighted by atomic mass is 14.9. The molecular weight excluding hydrogens is 220 g/mol. The fourth-order valence-corrected chi connectivity index (χ4v) is 2.10. The molecule has 94 valence electrons. The standard InChI is InChI=1S/C16H20N2/c1-13-7-5-6-10-15(13)18-16(11-12-17)14-8-3-2-4-9-14/h2-10,16,18H,11-12,17H2,1H3. The molecule has 0 fully saturated rings. The van der Waals surface area contributed by atoms with Gasteiger partial charge in [0, 0.05) is 5.69 Å². The SMILES string of the molecule is Cc1ccccc1NC(CCN)c1ccccc1. The molecule has 0 saturated heterocycles. The lowest BCUT2D eigenvalue weighted by atomic mass is 10.0. The summed E-state index contributed by atoms with van der Waals surface area (Å²) in [6, 6.07) is 19.1. The predicted molar refractivity (Wildman–Crippen MR) is 77.7 cm³/mol. The van der Waals surface area contributed by atoms with Crippen molar-refractivity contribution in [2.45, 2.75) is 19.4 Å². The van der Waals surface area contributed by atoms with Gasteiger partial charge in [-0.1, -0.05) is 48.5 Å². The number of hydrogen-bond donors (Lipinski definition) is 2. The van der Waals surface area contributed by atoms with Crippen molar-refractivity contribution in [2.24, 2.45) is 5.73 Å². The van der Waals surface area contributed by atoms with Gasteiger partial charge in [-0.15, -0.1) is 0 Å². The Morgan fingerprint density at radius 2 is 1.67 bits per heavy atom. The number of nitrogens with two attached hydrogens (primary N) is 1. The first kappa shape index (κ1) is 12.7. The van der Waals surface area contributed by atoms with Crippen LogP contribution >= 0.6 is 0 Å². The maximum atomic E-state index is 5.72. The lowest BCUT2D eigenvalue weighted by molar-refractivity contribution is 0.703. The van der Waals surface area contributed by atoms with Crippen molar-refractivity contribution in [3.05, 3.63) is 65.7 Å². The molecule has 0 heterocycles. The van der Waals surface area contributed by atoms with Crippen LogP contribution < -0.4 is 11.1 Å². The highest BCUT2D eigenvalue weighted by molar-refractivity contribution is 5.51. The molecule has 18 heavy (non-hydrogen) atoms. The van der Waals surface area contributed by atoms with Crippen LogP contribution in [0, 0.1) is 6.92 Å². The average molecular weight is 240 g/mol. The van der Waals surface area contributed by atoms with E-state index >= 15 is 0 Å². The molecule has 0 spiro atoms. The topological polar surface area (TPSA) is 38.0 Å². The van der Waals surface area contributed by atoms with Crippen LogP contribution in [0.2, 0.25) is 0 Å². The number of hydrogen-bond acceptors (Lipinski definition) is 2. The first-order chi connectivity index (χ1) is 8.81. The summed E-state index contributed by atoms with van der Waals surface area (Å²) < 4.78 is 0. The summed E-state index contributed by atoms with van der Waals surface area (Å²) in [5.74, 6) is 0. The van der Waals surface area contributed by atoms with Gasteiger partial charge in [0.1, 0.15) is 0 Å². The molecule has 1 unspecified atom stereocenters. The van der Waals surface area contributed by atoms with Crippen LogP contribution in [0.15, 0.2) is 54.6 Å². The predicted octanol–water partition coefficient (Wildman–Crippen LogP) is 3.50. The van der Waals surface area contributed by atoms with Crippen molar-refractivity contribution < 1.29 is 0 Å². The molecule has 0 amide bonds. The van der Waals surface area contributed by atoms with Crippen molar-refractivity contribution in [3.8, 4) is 0 Å². The van der Waals surface area contributed by atoms with Crippen molar-refractivity contribution >= 4 is 5.69 Å². The van der Waals surface area contributed by atoms with Gasteiger partial charge in [0.05, 0.1) is 6.04 Å². The largest absolute Gasteiger partial charge is 0.378 e. The molecule has 2 aromatic rings. The highest BCUT2D eigenvalue weighted by Gasteiger charge is 2.10. The van der Waals surface area contributed by atoms with Gasteiger partial charge < -0.3 is 11.1 Å². The van der Waals surface area contributed by atoms with Gasteiger partial charge in [-0.2, -0.15) is 0 Å². The molecule has 3 N–H and O–H groups in total. The van der Waals surface area contributed by atoms with E-state index in [1.165, 1.54) is 16.8 Å². The van der Waals surface area contributed by atoms with E-state index in [0.717, 1.165) is 6.42 Å². The molecular formula is C16H20N2. The van der Waals surface area contributed by atoms with Gasteiger partial charge in [0.2, 0.25) is 0 Å². The molecule has 0 aromatic heterocycles. The zero-order valence-corrected chi connectivity index (χ0v) is 10.8. The molecule has 2 aromatic carbocycles. The second-order valence-corrected chi connectivity index (χ2v) is 4.50. The molecule has 2 heteroatoms. The van der Waals surface area contributed by atoms with E-state index in [-0.39, 0.29) is 6.04 Å². The molecule has 0 radical (unpaired) electrons. The Labute approximate surface area is 109 Å². The van der Waals surface area contributed by atoms with E-state index in [2.05, 4.69) is 60.8 Å². The third-order valence-corrected chi connectivity index (χ3v) is 3.13. The molecule has 0 aliphatic rings. The lowest BCUT2D eigenvalue weighted by Crippen LogP contribution is -2.15. The summed E-state index contributed by atoms with van der Waals surface area (Å²) in [4.78, 5) is 0. The summed E-state index contributed by atoms with van der Waals surface area (Å²) in [6.45, 7) is 2.80. The third kappa shape index (κ3) is 3.11. The van der Waals surface area contributed by atoms with E-state index in [0.29, 0.717) is 6.54 Å². The highest BCUT2D eigenvalue weighted by Crippen LogP contribution is 2.24. The molecule has 0 saturated carbocycles. The number of nitrogens with one attached hydrogen (secondary N) is 1. The third-order valence-electron chi connectivity index (χ3n) is 3.13. The maximum Gasteiger partial charge on any atom is 0.0525 e. The minimum Gasteiger partial charge on any atom is -0.378 e. The Kier molecular flexibility index (Phi) is 4.37. The summed E-state index contributed by atoms with van der Waals surface area (Å²) in [6.07, 6.45) is 0.929. The smallest absolute Gasteiger partial charge is 0.0525 e. The Balaban J connectivity index is 2.19. The van der Waals surface area contributed by atoms with Crippen LogP contribution in [0.3, 0.4) is 0 Å². The normalized spacial score (nSPS) is 12.1. The minimum atomic E-state index is 0.275. The number of rotatable bonds is 5. The average Bonchev–Trinajstić information content (AvgIpc) is 2.42. The number of benzene rings is 2. The summed E-state index contributed by atoms with van der Waals surface area (Å²) in [5.41, 5.74) is 9.44. The van der Waals surface area contributed by atoms with Gasteiger partial charge in [-0.3, -0.25) is 0 Å². The summed E-state index contributed by atoms with van der Waals surface area (Å²) in [5, 5.41) is 3.58. The van der Waals surface area contributed by atoms with E-state index in [1.807, 2.05) is 6.07 Å². The van der Waals surface area contributed by atoms with Crippen LogP contribution in [0.1, 0.15) is 23.6 Å². The monoisotopic (exact) mass is 240 g/mol. The Morgan fingerprint density at radius 3 is 2.33 bits per heavy atom. The molecule has 0 aliphatic carbocycles. The Morgan fingerprint density at radius 1 is 1.00 bits per heavy atom. The zero-order valence-electron chi connectivity index (χ0n) is 10.8. The van der Waals surface area contributed by atoms with Gasteiger partial charge in [0.15, 0.2) is 0 Å². The molecule has 2 nitrogen and oxygen atoms in total. The van der Waals surface area contributed by atoms with Gasteiger partial charge in [-0.05, 0) is 37.1 Å². The van der Waals surface area contributed by atoms with Crippen molar-refractivity contribution in [1.82, 2.24) is 0 Å². The van der Waals surface area contributed by atoms with Crippen molar-refractivity contribution in [2.75, 3.05) is 11.9 Å². The van der Waals surface area contributed by atoms with Crippen LogP contribution in [0.25, 0.3) is 0 Å². The van der Waals surface area contributed by atoms with Crippen LogP contribution in [-0.2, 0) is 0 Å². The first-order valence-corrected chi connectivity index (χ1v) is 6.38. The van der Waals surface area contributed by atoms with Crippen molar-refractivity contribution in [3.63, 3.8) is 0 Å². The van der Waals surface area contributed by atoms with Gasteiger partial charge >= 0.3 is 0 Å². The number of para-hydroxylation sites is 1.